The monoisotopic (exact) mass is 436 g/mol. The molecule has 0 radical (unpaired) electrons. The van der Waals surface area contributed by atoms with Crippen molar-refractivity contribution >= 4 is 41.2 Å². The molecule has 0 aliphatic rings. The van der Waals surface area contributed by atoms with Crippen LogP contribution >= 0.6 is 31.9 Å². The highest BCUT2D eigenvalue weighted by Gasteiger charge is 2.44. The van der Waals surface area contributed by atoms with Crippen LogP contribution in [-0.2, 0) is 15.0 Å². The fourth-order valence-corrected chi connectivity index (χ4v) is 4.23. The van der Waals surface area contributed by atoms with Gasteiger partial charge < -0.3 is 0 Å². The molecule has 4 heteroatoms. The molecule has 0 aliphatic carbocycles. The van der Waals surface area contributed by atoms with E-state index in [1.165, 1.54) is 5.56 Å². The largest absolute Gasteiger partial charge is 0.285 e. The molecule has 0 saturated heterocycles. The molecule has 1 unspecified atom stereocenters. The van der Waals surface area contributed by atoms with E-state index in [1.54, 1.807) is 0 Å². The molecule has 23 heavy (non-hydrogen) atoms. The number of carbonyl (C=O) groups excluding carboxylic acids is 2. The molecular weight excluding hydrogens is 420 g/mol. The van der Waals surface area contributed by atoms with Crippen molar-refractivity contribution < 1.29 is 9.59 Å². The van der Waals surface area contributed by atoms with Gasteiger partial charge in [-0.1, -0.05) is 67.6 Å². The highest BCUT2D eigenvalue weighted by atomic mass is 79.9. The van der Waals surface area contributed by atoms with Crippen molar-refractivity contribution in [2.45, 2.75) is 31.1 Å². The third-order valence-corrected chi connectivity index (χ3v) is 5.61. The average molecular weight is 438 g/mol. The lowest BCUT2D eigenvalue weighted by Crippen LogP contribution is -2.38. The third-order valence-electron chi connectivity index (χ3n) is 4.26. The van der Waals surface area contributed by atoms with Gasteiger partial charge in [0.15, 0.2) is 0 Å². The lowest BCUT2D eigenvalue weighted by Gasteiger charge is -2.28. The van der Waals surface area contributed by atoms with E-state index >= 15 is 0 Å². The minimum absolute atomic E-state index is 0.262. The SMILES string of the molecule is CC(CCC(C(=O)Br)(C(=O)Br)c1ccccc1)c1ccccc1. The molecular formula is C19H18Br2O2. The van der Waals surface area contributed by atoms with Crippen molar-refractivity contribution in [3.8, 4) is 0 Å². The number of benzene rings is 2. The van der Waals surface area contributed by atoms with Crippen LogP contribution in [-0.4, -0.2) is 9.39 Å². The fourth-order valence-electron chi connectivity index (χ4n) is 2.75. The summed E-state index contributed by atoms with van der Waals surface area (Å²) in [5.41, 5.74) is 0.729. The zero-order valence-corrected chi connectivity index (χ0v) is 16.0. The molecule has 0 saturated carbocycles. The normalized spacial score (nSPS) is 12.7. The Morgan fingerprint density at radius 3 is 1.87 bits per heavy atom. The number of hydrogen-bond donors (Lipinski definition) is 0. The summed E-state index contributed by atoms with van der Waals surface area (Å²) in [6.45, 7) is 2.11. The molecule has 2 rings (SSSR count). The van der Waals surface area contributed by atoms with Gasteiger partial charge >= 0.3 is 0 Å². The van der Waals surface area contributed by atoms with Gasteiger partial charge in [-0.25, -0.2) is 0 Å². The predicted molar refractivity (Wildman–Crippen MR) is 100 cm³/mol. The maximum atomic E-state index is 12.3. The van der Waals surface area contributed by atoms with Crippen LogP contribution in [0.15, 0.2) is 60.7 Å². The van der Waals surface area contributed by atoms with E-state index in [4.69, 9.17) is 0 Å². The summed E-state index contributed by atoms with van der Waals surface area (Å²) < 4.78 is -0.614. The molecule has 0 amide bonds. The van der Waals surface area contributed by atoms with Crippen molar-refractivity contribution in [2.24, 2.45) is 0 Å². The van der Waals surface area contributed by atoms with Gasteiger partial charge in [0.2, 0.25) is 9.39 Å². The number of halogens is 2. The van der Waals surface area contributed by atoms with E-state index < -0.39 is 5.41 Å². The summed E-state index contributed by atoms with van der Waals surface area (Å²) in [4.78, 5) is 24.6. The van der Waals surface area contributed by atoms with Crippen LogP contribution in [0.1, 0.15) is 36.8 Å². The van der Waals surface area contributed by atoms with Gasteiger partial charge in [0.1, 0.15) is 5.41 Å². The maximum absolute atomic E-state index is 12.3. The number of rotatable bonds is 7. The predicted octanol–water partition coefficient (Wildman–Crippen LogP) is 5.35. The molecule has 0 heterocycles. The quantitative estimate of drug-likeness (QED) is 0.432. The Morgan fingerprint density at radius 2 is 1.39 bits per heavy atom. The van der Waals surface area contributed by atoms with Crippen molar-refractivity contribution in [2.75, 3.05) is 0 Å². The van der Waals surface area contributed by atoms with E-state index in [-0.39, 0.29) is 15.3 Å². The molecule has 0 aromatic heterocycles. The van der Waals surface area contributed by atoms with Crippen LogP contribution in [0.25, 0.3) is 0 Å². The van der Waals surface area contributed by atoms with Crippen LogP contribution in [0.5, 0.6) is 0 Å². The second-order valence-electron chi connectivity index (χ2n) is 5.67. The zero-order chi connectivity index (χ0) is 16.9. The van der Waals surface area contributed by atoms with Crippen molar-refractivity contribution in [1.82, 2.24) is 0 Å². The first kappa shape index (κ1) is 18.1. The van der Waals surface area contributed by atoms with Gasteiger partial charge in [-0.2, -0.15) is 0 Å². The molecule has 0 spiro atoms. The molecule has 0 bridgehead atoms. The van der Waals surface area contributed by atoms with E-state index in [0.29, 0.717) is 12.0 Å². The van der Waals surface area contributed by atoms with Gasteiger partial charge in [-0.05, 0) is 61.7 Å². The zero-order valence-electron chi connectivity index (χ0n) is 12.8. The molecule has 120 valence electrons. The highest BCUT2D eigenvalue weighted by Crippen LogP contribution is 2.38. The van der Waals surface area contributed by atoms with Crippen molar-refractivity contribution in [1.29, 1.82) is 0 Å². The number of carbonyl (C=O) groups is 2. The Hall–Kier alpha value is -1.26. The molecule has 0 N–H and O–H groups in total. The van der Waals surface area contributed by atoms with Gasteiger partial charge in [-0.15, -0.1) is 0 Å². The molecule has 2 aromatic carbocycles. The number of hydrogen-bond acceptors (Lipinski definition) is 2. The van der Waals surface area contributed by atoms with Crippen molar-refractivity contribution in [3.05, 3.63) is 71.8 Å². The van der Waals surface area contributed by atoms with Crippen molar-refractivity contribution in [3.63, 3.8) is 0 Å². The molecule has 0 aliphatic heterocycles. The average Bonchev–Trinajstić information content (AvgIpc) is 2.56. The van der Waals surface area contributed by atoms with E-state index in [0.717, 1.165) is 6.42 Å². The van der Waals surface area contributed by atoms with Gasteiger partial charge in [-0.3, -0.25) is 9.59 Å². The summed E-state index contributed by atoms with van der Waals surface area (Å²) in [5, 5.41) is 0. The van der Waals surface area contributed by atoms with E-state index in [9.17, 15) is 9.59 Å². The second-order valence-corrected chi connectivity index (χ2v) is 7.11. The van der Waals surface area contributed by atoms with Crippen LogP contribution in [0, 0.1) is 0 Å². The van der Waals surface area contributed by atoms with E-state index in [1.807, 2.05) is 48.5 Å². The van der Waals surface area contributed by atoms with Crippen LogP contribution in [0.2, 0.25) is 0 Å². The topological polar surface area (TPSA) is 34.1 Å². The fraction of sp³-hybridized carbons (Fsp3) is 0.263. The lowest BCUT2D eigenvalue weighted by atomic mass is 9.77. The second kappa shape index (κ2) is 8.02. The Balaban J connectivity index is 2.29. The summed E-state index contributed by atoms with van der Waals surface area (Å²) in [5.74, 6) is 0.262. The Morgan fingerprint density at radius 1 is 0.913 bits per heavy atom. The van der Waals surface area contributed by atoms with Crippen LogP contribution < -0.4 is 0 Å². The molecule has 1 atom stereocenters. The Labute approximate surface area is 153 Å². The first-order chi connectivity index (χ1) is 11.0. The first-order valence-electron chi connectivity index (χ1n) is 7.49. The van der Waals surface area contributed by atoms with Gasteiger partial charge in [0, 0.05) is 0 Å². The molecule has 0 fully saturated rings. The summed E-state index contributed by atoms with van der Waals surface area (Å²) in [6, 6.07) is 19.3. The standard InChI is InChI=1S/C19H18Br2O2/c1-14(15-8-4-2-5-9-15)12-13-19(17(20)22,18(21)23)16-10-6-3-7-11-16/h2-11,14H,12-13H2,1H3. The Bertz CT molecular complexity index is 654. The summed E-state index contributed by atoms with van der Waals surface area (Å²) in [7, 11) is 0. The smallest absolute Gasteiger partial charge is 0.216 e. The highest BCUT2D eigenvalue weighted by molar-refractivity contribution is 9.19. The van der Waals surface area contributed by atoms with E-state index in [2.05, 4.69) is 50.9 Å². The Kier molecular flexibility index (Phi) is 6.31. The first-order valence-corrected chi connectivity index (χ1v) is 9.07. The minimum Gasteiger partial charge on any atom is -0.285 e. The summed E-state index contributed by atoms with van der Waals surface area (Å²) in [6.07, 6.45) is 1.18. The van der Waals surface area contributed by atoms with Crippen LogP contribution in [0.3, 0.4) is 0 Å². The minimum atomic E-state index is -1.19. The third kappa shape index (κ3) is 3.99. The van der Waals surface area contributed by atoms with Crippen LogP contribution in [0.4, 0.5) is 0 Å². The molecule has 2 aromatic rings. The summed E-state index contributed by atoms with van der Waals surface area (Å²) >= 11 is 6.10. The van der Waals surface area contributed by atoms with Gasteiger partial charge in [0.05, 0.1) is 0 Å². The lowest BCUT2D eigenvalue weighted by molar-refractivity contribution is -0.125. The van der Waals surface area contributed by atoms with Gasteiger partial charge in [0.25, 0.3) is 0 Å². The maximum Gasteiger partial charge on any atom is 0.216 e. The molecule has 2 nitrogen and oxygen atoms in total.